The van der Waals surface area contributed by atoms with Crippen LogP contribution in [0.5, 0.6) is 0 Å². The Labute approximate surface area is 155 Å². The van der Waals surface area contributed by atoms with E-state index in [4.69, 9.17) is 4.74 Å². The van der Waals surface area contributed by atoms with Crippen molar-refractivity contribution in [2.45, 2.75) is 13.5 Å². The number of hydrogen-bond acceptors (Lipinski definition) is 6. The molecule has 1 aromatic carbocycles. The number of anilines is 1. The number of aryl methyl sites for hydroxylation is 1. The second kappa shape index (κ2) is 7.43. The molecule has 0 aliphatic carbocycles. The molecule has 0 atom stereocenters. The third-order valence-corrected chi connectivity index (χ3v) is 5.31. The number of fused-ring (bicyclic) bond motifs is 1. The van der Waals surface area contributed by atoms with Crippen molar-refractivity contribution < 1.29 is 9.53 Å². The van der Waals surface area contributed by atoms with Crippen molar-refractivity contribution in [3.05, 3.63) is 41.2 Å². The van der Waals surface area contributed by atoms with Gasteiger partial charge in [0.2, 0.25) is 5.91 Å². The number of imidazole rings is 1. The molecular formula is C18H21N5O2S. The molecule has 1 amide bonds. The van der Waals surface area contributed by atoms with Crippen LogP contribution in [0, 0.1) is 6.92 Å². The summed E-state index contributed by atoms with van der Waals surface area (Å²) in [6, 6.07) is 6.07. The second-order valence-corrected chi connectivity index (χ2v) is 7.25. The standard InChI is InChI=1S/C18H21N5O2S/c1-13-2-3-14-15(10-13)21-16(20-14)11-25-12-17(24)22-5-7-23(8-6-22)18-19-4-9-26-18/h2-4,9-10H,5-8,11-12H2,1H3,(H,20,21). The van der Waals surface area contributed by atoms with Gasteiger partial charge in [-0.2, -0.15) is 0 Å². The van der Waals surface area contributed by atoms with Gasteiger partial charge in [-0.25, -0.2) is 9.97 Å². The Morgan fingerprint density at radius 1 is 1.31 bits per heavy atom. The Kier molecular flexibility index (Phi) is 4.85. The predicted molar refractivity (Wildman–Crippen MR) is 101 cm³/mol. The zero-order chi connectivity index (χ0) is 17.9. The molecule has 0 saturated carbocycles. The maximum Gasteiger partial charge on any atom is 0.248 e. The van der Waals surface area contributed by atoms with Crippen LogP contribution in [0.15, 0.2) is 29.8 Å². The molecule has 1 fully saturated rings. The maximum atomic E-state index is 12.3. The van der Waals surface area contributed by atoms with Crippen molar-refractivity contribution in [3.8, 4) is 0 Å². The topological polar surface area (TPSA) is 74.3 Å². The second-order valence-electron chi connectivity index (χ2n) is 6.38. The molecule has 3 aromatic rings. The number of ether oxygens (including phenoxy) is 1. The van der Waals surface area contributed by atoms with Crippen LogP contribution in [0.25, 0.3) is 11.0 Å². The summed E-state index contributed by atoms with van der Waals surface area (Å²) < 4.78 is 5.58. The first-order chi connectivity index (χ1) is 12.7. The van der Waals surface area contributed by atoms with Crippen molar-refractivity contribution in [2.75, 3.05) is 37.7 Å². The van der Waals surface area contributed by atoms with Gasteiger partial charge in [-0.15, -0.1) is 11.3 Å². The first kappa shape index (κ1) is 17.0. The molecular weight excluding hydrogens is 350 g/mol. The Hall–Kier alpha value is -2.45. The van der Waals surface area contributed by atoms with Gasteiger partial charge in [0.25, 0.3) is 0 Å². The van der Waals surface area contributed by atoms with Gasteiger partial charge in [-0.05, 0) is 24.6 Å². The summed E-state index contributed by atoms with van der Waals surface area (Å²) >= 11 is 1.63. The predicted octanol–water partition coefficient (Wildman–Crippen LogP) is 2.19. The molecule has 0 bridgehead atoms. The highest BCUT2D eigenvalue weighted by Crippen LogP contribution is 2.19. The fraction of sp³-hybridized carbons (Fsp3) is 0.389. The summed E-state index contributed by atoms with van der Waals surface area (Å²) in [6.07, 6.45) is 1.81. The molecule has 136 valence electrons. The molecule has 8 heteroatoms. The van der Waals surface area contributed by atoms with Gasteiger partial charge >= 0.3 is 0 Å². The normalized spacial score (nSPS) is 15.0. The van der Waals surface area contributed by atoms with Crippen molar-refractivity contribution in [1.29, 1.82) is 0 Å². The van der Waals surface area contributed by atoms with Gasteiger partial charge in [0.05, 0.1) is 11.0 Å². The highest BCUT2D eigenvalue weighted by atomic mass is 32.1. The van der Waals surface area contributed by atoms with E-state index in [-0.39, 0.29) is 12.5 Å². The summed E-state index contributed by atoms with van der Waals surface area (Å²) in [5.41, 5.74) is 3.09. The molecule has 2 aromatic heterocycles. The van der Waals surface area contributed by atoms with Gasteiger partial charge in [0.15, 0.2) is 5.13 Å². The van der Waals surface area contributed by atoms with E-state index >= 15 is 0 Å². The van der Waals surface area contributed by atoms with Crippen molar-refractivity contribution in [1.82, 2.24) is 19.9 Å². The van der Waals surface area contributed by atoms with Gasteiger partial charge in [-0.1, -0.05) is 6.07 Å². The highest BCUT2D eigenvalue weighted by molar-refractivity contribution is 7.13. The van der Waals surface area contributed by atoms with Gasteiger partial charge in [0.1, 0.15) is 19.0 Å². The molecule has 1 aliphatic rings. The number of rotatable bonds is 5. The summed E-state index contributed by atoms with van der Waals surface area (Å²) in [5.74, 6) is 0.766. The molecule has 3 heterocycles. The number of aromatic nitrogens is 3. The summed E-state index contributed by atoms with van der Waals surface area (Å²) in [4.78, 5) is 28.4. The van der Waals surface area contributed by atoms with Crippen LogP contribution in [0.1, 0.15) is 11.4 Å². The number of thiazole rings is 1. The Bertz CT molecular complexity index is 884. The zero-order valence-corrected chi connectivity index (χ0v) is 15.5. The maximum absolute atomic E-state index is 12.3. The molecule has 0 spiro atoms. The number of benzene rings is 1. The third kappa shape index (κ3) is 3.71. The van der Waals surface area contributed by atoms with E-state index in [0.717, 1.165) is 35.1 Å². The molecule has 26 heavy (non-hydrogen) atoms. The number of carbonyl (C=O) groups excluding carboxylic acids is 1. The first-order valence-electron chi connectivity index (χ1n) is 8.64. The van der Waals surface area contributed by atoms with Gasteiger partial charge in [-0.3, -0.25) is 4.79 Å². The Balaban J connectivity index is 1.25. The number of H-pyrrole nitrogens is 1. The van der Waals surface area contributed by atoms with E-state index < -0.39 is 0 Å². The summed E-state index contributed by atoms with van der Waals surface area (Å²) in [6.45, 7) is 5.44. The number of piperazine rings is 1. The summed E-state index contributed by atoms with van der Waals surface area (Å²) in [7, 11) is 0. The molecule has 0 radical (unpaired) electrons. The van der Waals surface area contributed by atoms with Crippen LogP contribution in [0.4, 0.5) is 5.13 Å². The van der Waals surface area contributed by atoms with Crippen LogP contribution in [0.3, 0.4) is 0 Å². The number of nitrogens with one attached hydrogen (secondary N) is 1. The third-order valence-electron chi connectivity index (χ3n) is 4.47. The number of amides is 1. The molecule has 1 N–H and O–H groups in total. The largest absolute Gasteiger partial charge is 0.364 e. The Morgan fingerprint density at radius 2 is 2.15 bits per heavy atom. The highest BCUT2D eigenvalue weighted by Gasteiger charge is 2.22. The molecule has 1 saturated heterocycles. The van der Waals surface area contributed by atoms with E-state index in [9.17, 15) is 4.79 Å². The van der Waals surface area contributed by atoms with Crippen molar-refractivity contribution in [3.63, 3.8) is 0 Å². The lowest BCUT2D eigenvalue weighted by Gasteiger charge is -2.34. The lowest BCUT2D eigenvalue weighted by Crippen LogP contribution is -2.49. The number of carbonyl (C=O) groups is 1. The average Bonchev–Trinajstić information content (AvgIpc) is 3.31. The van der Waals surface area contributed by atoms with E-state index in [1.165, 1.54) is 5.56 Å². The molecule has 7 nitrogen and oxygen atoms in total. The monoisotopic (exact) mass is 371 g/mol. The van der Waals surface area contributed by atoms with Gasteiger partial charge < -0.3 is 19.5 Å². The zero-order valence-electron chi connectivity index (χ0n) is 14.6. The smallest absolute Gasteiger partial charge is 0.248 e. The van der Waals surface area contributed by atoms with Crippen LogP contribution >= 0.6 is 11.3 Å². The number of aromatic amines is 1. The van der Waals surface area contributed by atoms with Gasteiger partial charge in [0, 0.05) is 37.8 Å². The van der Waals surface area contributed by atoms with Crippen LogP contribution in [-0.4, -0.2) is 58.5 Å². The minimum atomic E-state index is 0.0238. The molecule has 0 unspecified atom stereocenters. The molecule has 1 aliphatic heterocycles. The minimum absolute atomic E-state index is 0.0238. The SMILES string of the molecule is Cc1ccc2nc(COCC(=O)N3CCN(c4nccs4)CC3)[nH]c2c1. The van der Waals surface area contributed by atoms with Crippen LogP contribution < -0.4 is 4.90 Å². The summed E-state index contributed by atoms with van der Waals surface area (Å²) in [5, 5.41) is 2.99. The number of nitrogens with zero attached hydrogens (tertiary/aromatic N) is 4. The van der Waals surface area contributed by atoms with Crippen molar-refractivity contribution >= 4 is 33.4 Å². The van der Waals surface area contributed by atoms with E-state index in [1.54, 1.807) is 11.3 Å². The lowest BCUT2D eigenvalue weighted by atomic mass is 10.2. The van der Waals surface area contributed by atoms with Crippen LogP contribution in [-0.2, 0) is 16.1 Å². The average molecular weight is 371 g/mol. The van der Waals surface area contributed by atoms with E-state index in [2.05, 4.69) is 25.9 Å². The van der Waals surface area contributed by atoms with E-state index in [1.807, 2.05) is 35.5 Å². The quantitative estimate of drug-likeness (QED) is 0.744. The Morgan fingerprint density at radius 3 is 2.92 bits per heavy atom. The lowest BCUT2D eigenvalue weighted by molar-refractivity contribution is -0.136. The first-order valence-corrected chi connectivity index (χ1v) is 9.52. The fourth-order valence-electron chi connectivity index (χ4n) is 3.09. The van der Waals surface area contributed by atoms with Crippen LogP contribution in [0.2, 0.25) is 0 Å². The minimum Gasteiger partial charge on any atom is -0.364 e. The molecule has 4 rings (SSSR count). The number of hydrogen-bond donors (Lipinski definition) is 1. The van der Waals surface area contributed by atoms with Crippen molar-refractivity contribution in [2.24, 2.45) is 0 Å². The van der Waals surface area contributed by atoms with E-state index in [0.29, 0.717) is 19.7 Å². The fourth-order valence-corrected chi connectivity index (χ4v) is 3.79.